The van der Waals surface area contributed by atoms with Crippen molar-refractivity contribution in [1.29, 1.82) is 0 Å². The Hall–Kier alpha value is -1.34. The fourth-order valence-electron chi connectivity index (χ4n) is 1.34. The van der Waals surface area contributed by atoms with Crippen LogP contribution in [0.2, 0.25) is 5.02 Å². The van der Waals surface area contributed by atoms with Gasteiger partial charge in [-0.3, -0.25) is 0 Å². The Morgan fingerprint density at radius 3 is 2.29 bits per heavy atom. The van der Waals surface area contributed by atoms with Crippen molar-refractivity contribution in [3.63, 3.8) is 0 Å². The van der Waals surface area contributed by atoms with Gasteiger partial charge in [-0.2, -0.15) is 0 Å². The molecule has 2 rings (SSSR count). The molecule has 0 fully saturated rings. The van der Waals surface area contributed by atoms with Crippen LogP contribution in [0.4, 0.5) is 4.39 Å². The van der Waals surface area contributed by atoms with E-state index in [0.29, 0.717) is 5.02 Å². The van der Waals surface area contributed by atoms with Gasteiger partial charge in [0.15, 0.2) is 0 Å². The molecule has 0 saturated heterocycles. The summed E-state index contributed by atoms with van der Waals surface area (Å²) in [7, 11) is 0. The van der Waals surface area contributed by atoms with E-state index in [9.17, 15) is 4.39 Å². The standard InChI is InChI=1S/C12H8ClF/c13-12-8-10(14)6-7-11(12)9-4-2-1-3-5-9/h1-8H. The van der Waals surface area contributed by atoms with Gasteiger partial charge in [0.05, 0.1) is 5.02 Å². The van der Waals surface area contributed by atoms with Crippen molar-refractivity contribution < 1.29 is 4.39 Å². The number of halogens is 2. The molecule has 0 unspecified atom stereocenters. The average Bonchev–Trinajstić information content (AvgIpc) is 2.19. The predicted molar refractivity (Wildman–Crippen MR) is 56.8 cm³/mol. The Bertz CT molecular complexity index is 437. The first-order valence-corrected chi connectivity index (χ1v) is 4.65. The van der Waals surface area contributed by atoms with Crippen molar-refractivity contribution in [3.05, 3.63) is 59.4 Å². The molecule has 0 spiro atoms. The van der Waals surface area contributed by atoms with E-state index in [2.05, 4.69) is 0 Å². The van der Waals surface area contributed by atoms with Crippen LogP contribution in [-0.2, 0) is 0 Å². The van der Waals surface area contributed by atoms with E-state index in [4.69, 9.17) is 11.6 Å². The summed E-state index contributed by atoms with van der Waals surface area (Å²) in [6.07, 6.45) is 0. The minimum Gasteiger partial charge on any atom is -0.207 e. The molecule has 0 N–H and O–H groups in total. The zero-order valence-corrected chi connectivity index (χ0v) is 8.13. The van der Waals surface area contributed by atoms with E-state index in [-0.39, 0.29) is 5.82 Å². The maximum atomic E-state index is 12.8. The van der Waals surface area contributed by atoms with Gasteiger partial charge >= 0.3 is 0 Å². The quantitative estimate of drug-likeness (QED) is 0.658. The second kappa shape index (κ2) is 3.81. The average molecular weight is 207 g/mol. The fourth-order valence-corrected chi connectivity index (χ4v) is 1.62. The first-order valence-electron chi connectivity index (χ1n) is 4.28. The van der Waals surface area contributed by atoms with Crippen LogP contribution >= 0.6 is 11.6 Å². The lowest BCUT2D eigenvalue weighted by atomic mass is 10.1. The third-order valence-corrected chi connectivity index (χ3v) is 2.33. The highest BCUT2D eigenvalue weighted by molar-refractivity contribution is 6.33. The summed E-state index contributed by atoms with van der Waals surface area (Å²) in [5.41, 5.74) is 1.85. The molecule has 0 aliphatic heterocycles. The summed E-state index contributed by atoms with van der Waals surface area (Å²) in [6, 6.07) is 14.1. The first kappa shape index (κ1) is 9.22. The molecule has 70 valence electrons. The molecule has 0 bridgehead atoms. The molecule has 0 radical (unpaired) electrons. The van der Waals surface area contributed by atoms with Crippen LogP contribution in [-0.4, -0.2) is 0 Å². The maximum absolute atomic E-state index is 12.8. The summed E-state index contributed by atoms with van der Waals surface area (Å²) >= 11 is 5.92. The van der Waals surface area contributed by atoms with Gasteiger partial charge in [-0.1, -0.05) is 41.9 Å². The minimum atomic E-state index is -0.310. The van der Waals surface area contributed by atoms with Crippen LogP contribution in [0.3, 0.4) is 0 Å². The molecule has 0 amide bonds. The van der Waals surface area contributed by atoms with Crippen molar-refractivity contribution in [2.24, 2.45) is 0 Å². The molecule has 0 saturated carbocycles. The van der Waals surface area contributed by atoms with Gasteiger partial charge in [-0.25, -0.2) is 4.39 Å². The van der Waals surface area contributed by atoms with Crippen LogP contribution in [0.5, 0.6) is 0 Å². The van der Waals surface area contributed by atoms with E-state index >= 15 is 0 Å². The lowest BCUT2D eigenvalue weighted by molar-refractivity contribution is 0.628. The van der Waals surface area contributed by atoms with Crippen LogP contribution in [0.25, 0.3) is 11.1 Å². The van der Waals surface area contributed by atoms with E-state index in [1.807, 2.05) is 30.3 Å². The number of hydrogen-bond donors (Lipinski definition) is 0. The molecule has 0 aliphatic carbocycles. The van der Waals surface area contributed by atoms with E-state index < -0.39 is 0 Å². The Morgan fingerprint density at radius 1 is 0.929 bits per heavy atom. The number of rotatable bonds is 1. The first-order chi connectivity index (χ1) is 6.77. The second-order valence-corrected chi connectivity index (χ2v) is 3.40. The van der Waals surface area contributed by atoms with E-state index in [1.165, 1.54) is 12.1 Å². The van der Waals surface area contributed by atoms with Gasteiger partial charge < -0.3 is 0 Å². The van der Waals surface area contributed by atoms with Gasteiger partial charge in [0.25, 0.3) is 0 Å². The summed E-state index contributed by atoms with van der Waals surface area (Å²) in [5, 5.41) is 0.441. The Balaban J connectivity index is 2.53. The Morgan fingerprint density at radius 2 is 1.64 bits per heavy atom. The number of hydrogen-bond acceptors (Lipinski definition) is 0. The maximum Gasteiger partial charge on any atom is 0.124 e. The van der Waals surface area contributed by atoms with Crippen molar-refractivity contribution in [2.75, 3.05) is 0 Å². The molecule has 0 atom stereocenters. The second-order valence-electron chi connectivity index (χ2n) is 2.99. The highest BCUT2D eigenvalue weighted by atomic mass is 35.5. The summed E-state index contributed by atoms with van der Waals surface area (Å²) in [5.74, 6) is -0.310. The summed E-state index contributed by atoms with van der Waals surface area (Å²) < 4.78 is 12.8. The molecule has 2 aromatic carbocycles. The lowest BCUT2D eigenvalue weighted by Gasteiger charge is -2.03. The minimum absolute atomic E-state index is 0.310. The molecule has 2 aromatic rings. The van der Waals surface area contributed by atoms with Crippen molar-refractivity contribution >= 4 is 11.6 Å². The Labute approximate surface area is 87.0 Å². The molecule has 0 aromatic heterocycles. The topological polar surface area (TPSA) is 0 Å². The SMILES string of the molecule is Fc1ccc(-c2ccccc2)c(Cl)c1. The summed E-state index contributed by atoms with van der Waals surface area (Å²) in [4.78, 5) is 0. The zero-order chi connectivity index (χ0) is 9.97. The third-order valence-electron chi connectivity index (χ3n) is 2.02. The normalized spacial score (nSPS) is 10.1. The third kappa shape index (κ3) is 1.78. The molecule has 0 nitrogen and oxygen atoms in total. The van der Waals surface area contributed by atoms with Gasteiger partial charge in [-0.05, 0) is 23.8 Å². The van der Waals surface area contributed by atoms with Crippen LogP contribution < -0.4 is 0 Å². The van der Waals surface area contributed by atoms with E-state index in [1.54, 1.807) is 6.07 Å². The Kier molecular flexibility index (Phi) is 2.51. The van der Waals surface area contributed by atoms with E-state index in [0.717, 1.165) is 11.1 Å². The van der Waals surface area contributed by atoms with Gasteiger partial charge in [0.1, 0.15) is 5.82 Å². The molecular formula is C12H8ClF. The molecular weight excluding hydrogens is 199 g/mol. The fraction of sp³-hybridized carbons (Fsp3) is 0. The summed E-state index contributed by atoms with van der Waals surface area (Å²) in [6.45, 7) is 0. The van der Waals surface area contributed by atoms with Crippen molar-refractivity contribution in [2.45, 2.75) is 0 Å². The molecule has 14 heavy (non-hydrogen) atoms. The zero-order valence-electron chi connectivity index (χ0n) is 7.37. The highest BCUT2D eigenvalue weighted by Gasteiger charge is 2.03. The van der Waals surface area contributed by atoms with Crippen molar-refractivity contribution in [3.8, 4) is 11.1 Å². The molecule has 2 heteroatoms. The van der Waals surface area contributed by atoms with Crippen molar-refractivity contribution in [1.82, 2.24) is 0 Å². The van der Waals surface area contributed by atoms with Gasteiger partial charge in [-0.15, -0.1) is 0 Å². The smallest absolute Gasteiger partial charge is 0.124 e. The monoisotopic (exact) mass is 206 g/mol. The number of benzene rings is 2. The lowest BCUT2D eigenvalue weighted by Crippen LogP contribution is -1.80. The van der Waals surface area contributed by atoms with Gasteiger partial charge in [0, 0.05) is 5.56 Å². The predicted octanol–water partition coefficient (Wildman–Crippen LogP) is 4.15. The van der Waals surface area contributed by atoms with Gasteiger partial charge in [0.2, 0.25) is 0 Å². The molecule has 0 heterocycles. The van der Waals surface area contributed by atoms with Crippen LogP contribution in [0.15, 0.2) is 48.5 Å². The largest absolute Gasteiger partial charge is 0.207 e. The molecule has 0 aliphatic rings. The van der Waals surface area contributed by atoms with Crippen LogP contribution in [0.1, 0.15) is 0 Å². The highest BCUT2D eigenvalue weighted by Crippen LogP contribution is 2.27. The van der Waals surface area contributed by atoms with Crippen LogP contribution in [0, 0.1) is 5.82 Å².